The third-order valence-electron chi connectivity index (χ3n) is 5.61. The number of piperazine rings is 1. The molecule has 0 N–H and O–H groups in total. The second kappa shape index (κ2) is 9.20. The van der Waals surface area contributed by atoms with E-state index in [2.05, 4.69) is 23.7 Å². The number of amides is 2. The van der Waals surface area contributed by atoms with Crippen LogP contribution in [0.25, 0.3) is 0 Å². The van der Waals surface area contributed by atoms with Gasteiger partial charge in [0.2, 0.25) is 11.8 Å². The fourth-order valence-electron chi connectivity index (χ4n) is 4.30. The molecule has 6 nitrogen and oxygen atoms in total. The minimum absolute atomic E-state index is 0.170. The van der Waals surface area contributed by atoms with Crippen molar-refractivity contribution in [2.45, 2.75) is 39.5 Å². The molecule has 0 bridgehead atoms. The highest BCUT2D eigenvalue weighted by Gasteiger charge is 2.26. The number of hydrogen-bond donors (Lipinski definition) is 0. The van der Waals surface area contributed by atoms with Gasteiger partial charge in [0, 0.05) is 58.3 Å². The molecule has 0 saturated carbocycles. The van der Waals surface area contributed by atoms with E-state index in [4.69, 9.17) is 0 Å². The number of hydrogen-bond acceptors (Lipinski definition) is 4. The molecule has 1 aromatic rings. The first-order valence-electron chi connectivity index (χ1n) is 10.2. The molecule has 2 saturated heterocycles. The largest absolute Gasteiger partial charge is 0.353 e. The number of piperidine rings is 1. The Morgan fingerprint density at radius 2 is 1.59 bits per heavy atom. The topological polar surface area (TPSA) is 56.8 Å². The van der Waals surface area contributed by atoms with Gasteiger partial charge >= 0.3 is 0 Å². The van der Waals surface area contributed by atoms with Crippen molar-refractivity contribution >= 4 is 17.6 Å². The van der Waals surface area contributed by atoms with E-state index >= 15 is 0 Å². The molecule has 0 aromatic carbocycles. The maximum atomic E-state index is 12.5. The quantitative estimate of drug-likeness (QED) is 0.796. The maximum absolute atomic E-state index is 12.5. The van der Waals surface area contributed by atoms with Crippen LogP contribution in [0.3, 0.4) is 0 Å². The molecule has 0 aliphatic carbocycles. The number of rotatable bonds is 5. The second-order valence-electron chi connectivity index (χ2n) is 8.15. The van der Waals surface area contributed by atoms with E-state index < -0.39 is 0 Å². The summed E-state index contributed by atoms with van der Waals surface area (Å²) in [5.41, 5.74) is 0. The normalized spacial score (nSPS) is 23.4. The zero-order valence-corrected chi connectivity index (χ0v) is 16.6. The number of aromatic nitrogens is 1. The van der Waals surface area contributed by atoms with Gasteiger partial charge < -0.3 is 14.7 Å². The molecule has 0 radical (unpaired) electrons. The highest BCUT2D eigenvalue weighted by atomic mass is 16.2. The van der Waals surface area contributed by atoms with Gasteiger partial charge in [0.1, 0.15) is 5.82 Å². The third-order valence-corrected chi connectivity index (χ3v) is 5.61. The number of carbonyl (C=O) groups is 2. The lowest BCUT2D eigenvalue weighted by atomic mass is 9.91. The molecule has 27 heavy (non-hydrogen) atoms. The average molecular weight is 373 g/mol. The standard InChI is InChI=1S/C21H32N4O2/c1-17-14-18(2)16-25(15-17)21(27)8-5-7-20(26)24-12-10-23(11-13-24)19-6-3-4-9-22-19/h3-4,6,9,17-18H,5,7-8,10-16H2,1-2H3/t17-,18-/m1/s1. The monoisotopic (exact) mass is 372 g/mol. The summed E-state index contributed by atoms with van der Waals surface area (Å²) in [6, 6.07) is 5.90. The molecule has 148 valence electrons. The minimum Gasteiger partial charge on any atom is -0.353 e. The van der Waals surface area contributed by atoms with Crippen LogP contribution in [-0.2, 0) is 9.59 Å². The van der Waals surface area contributed by atoms with Crippen LogP contribution in [-0.4, -0.2) is 65.9 Å². The van der Waals surface area contributed by atoms with Gasteiger partial charge in [-0.25, -0.2) is 4.98 Å². The molecule has 2 atom stereocenters. The van der Waals surface area contributed by atoms with Gasteiger partial charge in [-0.2, -0.15) is 0 Å². The first-order valence-corrected chi connectivity index (χ1v) is 10.2. The Labute approximate surface area is 162 Å². The van der Waals surface area contributed by atoms with Crippen LogP contribution in [0.2, 0.25) is 0 Å². The smallest absolute Gasteiger partial charge is 0.222 e. The highest BCUT2D eigenvalue weighted by Crippen LogP contribution is 2.22. The van der Waals surface area contributed by atoms with Gasteiger partial charge in [-0.15, -0.1) is 0 Å². The van der Waals surface area contributed by atoms with Crippen molar-refractivity contribution in [3.05, 3.63) is 24.4 Å². The minimum atomic E-state index is 0.170. The average Bonchev–Trinajstić information content (AvgIpc) is 2.68. The van der Waals surface area contributed by atoms with Crippen LogP contribution in [0.1, 0.15) is 39.5 Å². The molecule has 3 heterocycles. The van der Waals surface area contributed by atoms with E-state index in [1.54, 1.807) is 6.20 Å². The van der Waals surface area contributed by atoms with Crippen LogP contribution in [0, 0.1) is 11.8 Å². The van der Waals surface area contributed by atoms with Crippen molar-refractivity contribution in [2.75, 3.05) is 44.2 Å². The van der Waals surface area contributed by atoms with Crippen LogP contribution >= 0.6 is 0 Å². The van der Waals surface area contributed by atoms with E-state index in [1.165, 1.54) is 6.42 Å². The van der Waals surface area contributed by atoms with E-state index in [-0.39, 0.29) is 11.8 Å². The van der Waals surface area contributed by atoms with Crippen LogP contribution < -0.4 is 4.90 Å². The lowest BCUT2D eigenvalue weighted by Crippen LogP contribution is -2.49. The molecule has 2 aliphatic rings. The summed E-state index contributed by atoms with van der Waals surface area (Å²) in [5, 5.41) is 0. The molecule has 2 aliphatic heterocycles. The van der Waals surface area contributed by atoms with Gasteiger partial charge in [0.15, 0.2) is 0 Å². The Bertz CT molecular complexity index is 618. The lowest BCUT2D eigenvalue weighted by molar-refractivity contribution is -0.134. The summed E-state index contributed by atoms with van der Waals surface area (Å²) in [6.07, 6.45) is 4.60. The third kappa shape index (κ3) is 5.44. The first kappa shape index (κ1) is 19.6. The van der Waals surface area contributed by atoms with Gasteiger partial charge in [0.25, 0.3) is 0 Å². The Balaban J connectivity index is 1.37. The van der Waals surface area contributed by atoms with Gasteiger partial charge in [0.05, 0.1) is 0 Å². The first-order chi connectivity index (χ1) is 13.0. The summed E-state index contributed by atoms with van der Waals surface area (Å²) in [5.74, 6) is 2.51. The summed E-state index contributed by atoms with van der Waals surface area (Å²) < 4.78 is 0. The van der Waals surface area contributed by atoms with Crippen LogP contribution in [0.5, 0.6) is 0 Å². The van der Waals surface area contributed by atoms with Crippen molar-refractivity contribution in [2.24, 2.45) is 11.8 Å². The molecule has 1 aromatic heterocycles. The van der Waals surface area contributed by atoms with Crippen molar-refractivity contribution in [1.29, 1.82) is 0 Å². The zero-order chi connectivity index (χ0) is 19.2. The zero-order valence-electron chi connectivity index (χ0n) is 16.6. The second-order valence-corrected chi connectivity index (χ2v) is 8.15. The van der Waals surface area contributed by atoms with Gasteiger partial charge in [-0.3, -0.25) is 9.59 Å². The van der Waals surface area contributed by atoms with E-state index in [0.717, 1.165) is 45.1 Å². The van der Waals surface area contributed by atoms with Gasteiger partial charge in [-0.05, 0) is 36.8 Å². The SMILES string of the molecule is C[C@@H]1C[C@@H](C)CN(C(=O)CCCC(=O)N2CCN(c3ccccn3)CC2)C1. The molecular formula is C21H32N4O2. The Morgan fingerprint density at radius 1 is 0.963 bits per heavy atom. The number of anilines is 1. The Hall–Kier alpha value is -2.11. The van der Waals surface area contributed by atoms with E-state index in [0.29, 0.717) is 31.1 Å². The van der Waals surface area contributed by atoms with Crippen molar-refractivity contribution in [3.8, 4) is 0 Å². The van der Waals surface area contributed by atoms with E-state index in [1.807, 2.05) is 28.0 Å². The molecule has 2 amide bonds. The predicted molar refractivity (Wildman–Crippen MR) is 106 cm³/mol. The summed E-state index contributed by atoms with van der Waals surface area (Å²) in [4.78, 5) is 35.4. The molecular weight excluding hydrogens is 340 g/mol. The lowest BCUT2D eigenvalue weighted by Gasteiger charge is -2.36. The van der Waals surface area contributed by atoms with E-state index in [9.17, 15) is 9.59 Å². The molecule has 0 spiro atoms. The molecule has 2 fully saturated rings. The van der Waals surface area contributed by atoms with Crippen molar-refractivity contribution in [3.63, 3.8) is 0 Å². The summed E-state index contributed by atoms with van der Waals surface area (Å²) in [7, 11) is 0. The number of carbonyl (C=O) groups excluding carboxylic acids is 2. The maximum Gasteiger partial charge on any atom is 0.222 e. The predicted octanol–water partition coefficient (Wildman–Crippen LogP) is 2.41. The Kier molecular flexibility index (Phi) is 6.69. The number of pyridine rings is 1. The summed E-state index contributed by atoms with van der Waals surface area (Å²) >= 11 is 0. The highest BCUT2D eigenvalue weighted by molar-refractivity contribution is 5.79. The molecule has 6 heteroatoms. The fraction of sp³-hybridized carbons (Fsp3) is 0.667. The number of nitrogens with zero attached hydrogens (tertiary/aromatic N) is 4. The summed E-state index contributed by atoms with van der Waals surface area (Å²) in [6.45, 7) is 9.23. The van der Waals surface area contributed by atoms with Crippen LogP contribution in [0.4, 0.5) is 5.82 Å². The molecule has 0 unspecified atom stereocenters. The van der Waals surface area contributed by atoms with Crippen molar-refractivity contribution < 1.29 is 9.59 Å². The van der Waals surface area contributed by atoms with Crippen LogP contribution in [0.15, 0.2) is 24.4 Å². The van der Waals surface area contributed by atoms with Crippen molar-refractivity contribution in [1.82, 2.24) is 14.8 Å². The molecule has 3 rings (SSSR count). The Morgan fingerprint density at radius 3 is 2.19 bits per heavy atom. The van der Waals surface area contributed by atoms with Gasteiger partial charge in [-0.1, -0.05) is 19.9 Å². The number of likely N-dealkylation sites (tertiary alicyclic amines) is 1. The fourth-order valence-corrected chi connectivity index (χ4v) is 4.30.